The molecular weight excluding hydrogens is 334 g/mol. The van der Waals surface area contributed by atoms with Gasteiger partial charge in [-0.15, -0.1) is 0 Å². The summed E-state index contributed by atoms with van der Waals surface area (Å²) in [4.78, 5) is 2.38. The Bertz CT molecular complexity index is 790. The lowest BCUT2D eigenvalue weighted by Gasteiger charge is -2.28. The number of rotatable bonds is 7. The molecule has 25 heavy (non-hydrogen) atoms. The van der Waals surface area contributed by atoms with Crippen LogP contribution in [0.2, 0.25) is 0 Å². The van der Waals surface area contributed by atoms with Gasteiger partial charge in [-0.25, -0.2) is 13.1 Å². The average Bonchev–Trinajstić information content (AvgIpc) is 3.23. The highest BCUT2D eigenvalue weighted by atomic mass is 32.2. The maximum atomic E-state index is 12.5. The van der Waals surface area contributed by atoms with E-state index in [1.54, 1.807) is 0 Å². The van der Waals surface area contributed by atoms with Gasteiger partial charge < -0.3 is 4.57 Å². The van der Waals surface area contributed by atoms with E-state index in [-0.39, 0.29) is 11.8 Å². The molecule has 1 aromatic carbocycles. The molecule has 1 atom stereocenters. The van der Waals surface area contributed by atoms with Gasteiger partial charge >= 0.3 is 0 Å². The van der Waals surface area contributed by atoms with Gasteiger partial charge in [-0.1, -0.05) is 29.8 Å². The lowest BCUT2D eigenvalue weighted by Crippen LogP contribution is -2.38. The second-order valence-electron chi connectivity index (χ2n) is 6.90. The smallest absolute Gasteiger partial charge is 0.215 e. The van der Waals surface area contributed by atoms with E-state index in [4.69, 9.17) is 0 Å². The minimum absolute atomic E-state index is 0.0210. The van der Waals surface area contributed by atoms with Crippen LogP contribution in [-0.4, -0.2) is 37.5 Å². The normalized spacial score (nSPS) is 17.0. The van der Waals surface area contributed by atoms with E-state index in [9.17, 15) is 8.42 Å². The van der Waals surface area contributed by atoms with Crippen LogP contribution < -0.4 is 4.72 Å². The number of hydrogen-bond donors (Lipinski definition) is 1. The van der Waals surface area contributed by atoms with Crippen molar-refractivity contribution in [2.75, 3.05) is 19.6 Å². The molecule has 5 nitrogen and oxygen atoms in total. The molecule has 1 saturated heterocycles. The van der Waals surface area contributed by atoms with Crippen LogP contribution >= 0.6 is 0 Å². The summed E-state index contributed by atoms with van der Waals surface area (Å²) in [6, 6.07) is 11.8. The van der Waals surface area contributed by atoms with Crippen LogP contribution in [-0.2, 0) is 22.8 Å². The predicted octanol–water partition coefficient (Wildman–Crippen LogP) is 2.59. The Hall–Kier alpha value is -1.63. The fourth-order valence-electron chi connectivity index (χ4n) is 3.46. The minimum atomic E-state index is -3.36. The van der Waals surface area contributed by atoms with Gasteiger partial charge in [0.25, 0.3) is 0 Å². The molecule has 1 fully saturated rings. The zero-order valence-electron chi connectivity index (χ0n) is 15.0. The summed E-state index contributed by atoms with van der Waals surface area (Å²) < 4.78 is 30.0. The van der Waals surface area contributed by atoms with Crippen molar-refractivity contribution in [3.63, 3.8) is 0 Å². The van der Waals surface area contributed by atoms with E-state index in [2.05, 4.69) is 20.3 Å². The van der Waals surface area contributed by atoms with Crippen LogP contribution in [0.25, 0.3) is 0 Å². The number of hydrogen-bond acceptors (Lipinski definition) is 3. The van der Waals surface area contributed by atoms with Crippen molar-refractivity contribution in [1.82, 2.24) is 14.2 Å². The maximum absolute atomic E-state index is 12.5. The standard InChI is InChI=1S/C19H27N3O2S/c1-16-7-9-17(10-8-16)15-25(23,24)20-14-19(22-12-3-4-13-22)18-6-5-11-21(18)2/h5-11,19-20H,3-4,12-15H2,1-2H3. The molecule has 6 heteroatoms. The second-order valence-corrected chi connectivity index (χ2v) is 8.70. The van der Waals surface area contributed by atoms with E-state index < -0.39 is 10.0 Å². The molecule has 0 amide bonds. The van der Waals surface area contributed by atoms with Crippen molar-refractivity contribution in [2.45, 2.75) is 31.6 Å². The average molecular weight is 362 g/mol. The van der Waals surface area contributed by atoms with Gasteiger partial charge in [-0.05, 0) is 50.6 Å². The molecule has 1 aliphatic heterocycles. The first-order valence-corrected chi connectivity index (χ1v) is 10.5. The van der Waals surface area contributed by atoms with E-state index in [0.29, 0.717) is 6.54 Å². The third-order valence-electron chi connectivity index (χ3n) is 4.88. The SMILES string of the molecule is Cc1ccc(CS(=O)(=O)NCC(c2cccn2C)N2CCCC2)cc1. The van der Waals surface area contributed by atoms with Gasteiger partial charge in [0.2, 0.25) is 10.0 Å². The van der Waals surface area contributed by atoms with Crippen molar-refractivity contribution in [3.05, 3.63) is 59.4 Å². The number of nitrogens with one attached hydrogen (secondary N) is 1. The fourth-order valence-corrected chi connectivity index (χ4v) is 4.60. The topological polar surface area (TPSA) is 54.3 Å². The van der Waals surface area contributed by atoms with Crippen LogP contribution in [0, 0.1) is 6.92 Å². The fraction of sp³-hybridized carbons (Fsp3) is 0.474. The van der Waals surface area contributed by atoms with Gasteiger partial charge in [-0.2, -0.15) is 0 Å². The van der Waals surface area contributed by atoms with Crippen LogP contribution in [0.4, 0.5) is 0 Å². The molecule has 0 radical (unpaired) electrons. The third-order valence-corrected chi connectivity index (χ3v) is 6.20. The van der Waals surface area contributed by atoms with E-state index in [1.807, 2.05) is 50.5 Å². The van der Waals surface area contributed by atoms with Gasteiger partial charge in [-0.3, -0.25) is 4.90 Å². The van der Waals surface area contributed by atoms with E-state index in [1.165, 1.54) is 12.8 Å². The summed E-state index contributed by atoms with van der Waals surface area (Å²) in [7, 11) is -1.35. The van der Waals surface area contributed by atoms with Gasteiger partial charge in [0.1, 0.15) is 0 Å². The Kier molecular flexibility index (Phi) is 5.61. The zero-order valence-corrected chi connectivity index (χ0v) is 15.8. The number of likely N-dealkylation sites (tertiary alicyclic amines) is 1. The Balaban J connectivity index is 1.69. The Morgan fingerprint density at radius 3 is 2.40 bits per heavy atom. The molecule has 0 aliphatic carbocycles. The van der Waals surface area contributed by atoms with Crippen molar-refractivity contribution in [2.24, 2.45) is 7.05 Å². The summed E-state index contributed by atoms with van der Waals surface area (Å²) in [6.07, 6.45) is 4.37. The summed E-state index contributed by atoms with van der Waals surface area (Å²) in [6.45, 7) is 4.45. The first-order chi connectivity index (χ1) is 11.9. The Labute approximate surface area is 150 Å². The summed E-state index contributed by atoms with van der Waals surface area (Å²) in [5.74, 6) is 0.0210. The minimum Gasteiger partial charge on any atom is -0.353 e. The van der Waals surface area contributed by atoms with Gasteiger partial charge in [0.15, 0.2) is 0 Å². The molecule has 1 unspecified atom stereocenters. The first kappa shape index (κ1) is 18.2. The summed E-state index contributed by atoms with van der Waals surface area (Å²) in [5, 5.41) is 0. The molecule has 2 aromatic rings. The van der Waals surface area contributed by atoms with Crippen LogP contribution in [0.15, 0.2) is 42.6 Å². The molecule has 2 heterocycles. The quantitative estimate of drug-likeness (QED) is 0.825. The maximum Gasteiger partial charge on any atom is 0.215 e. The Morgan fingerprint density at radius 2 is 1.80 bits per heavy atom. The predicted molar refractivity (Wildman–Crippen MR) is 101 cm³/mol. The van der Waals surface area contributed by atoms with Crippen LogP contribution in [0.5, 0.6) is 0 Å². The van der Waals surface area contributed by atoms with Crippen molar-refractivity contribution in [1.29, 1.82) is 0 Å². The van der Waals surface area contributed by atoms with E-state index in [0.717, 1.165) is 29.9 Å². The molecule has 3 rings (SSSR count). The highest BCUT2D eigenvalue weighted by Gasteiger charge is 2.26. The molecular formula is C19H27N3O2S. The molecule has 136 valence electrons. The lowest BCUT2D eigenvalue weighted by molar-refractivity contribution is 0.238. The molecule has 1 aromatic heterocycles. The van der Waals surface area contributed by atoms with Gasteiger partial charge in [0.05, 0.1) is 11.8 Å². The monoisotopic (exact) mass is 361 g/mol. The molecule has 1 aliphatic rings. The largest absolute Gasteiger partial charge is 0.353 e. The van der Waals surface area contributed by atoms with Gasteiger partial charge in [0, 0.05) is 25.5 Å². The highest BCUT2D eigenvalue weighted by Crippen LogP contribution is 2.25. The molecule has 0 spiro atoms. The number of sulfonamides is 1. The number of aromatic nitrogens is 1. The molecule has 0 bridgehead atoms. The van der Waals surface area contributed by atoms with E-state index >= 15 is 0 Å². The van der Waals surface area contributed by atoms with Crippen LogP contribution in [0.1, 0.15) is 35.7 Å². The second kappa shape index (κ2) is 7.72. The van der Waals surface area contributed by atoms with Crippen molar-refractivity contribution >= 4 is 10.0 Å². The number of benzene rings is 1. The summed E-state index contributed by atoms with van der Waals surface area (Å²) >= 11 is 0. The highest BCUT2D eigenvalue weighted by molar-refractivity contribution is 7.88. The Morgan fingerprint density at radius 1 is 1.12 bits per heavy atom. The number of aryl methyl sites for hydroxylation is 2. The molecule has 1 N–H and O–H groups in total. The summed E-state index contributed by atoms with van der Waals surface area (Å²) in [5.41, 5.74) is 3.10. The number of nitrogens with zero attached hydrogens (tertiary/aromatic N) is 2. The van der Waals surface area contributed by atoms with Crippen molar-refractivity contribution < 1.29 is 8.42 Å². The zero-order chi connectivity index (χ0) is 17.9. The molecule has 0 saturated carbocycles. The third kappa shape index (κ3) is 4.71. The first-order valence-electron chi connectivity index (χ1n) is 8.83. The lowest BCUT2D eigenvalue weighted by atomic mass is 10.2. The van der Waals surface area contributed by atoms with Crippen molar-refractivity contribution in [3.8, 4) is 0 Å². The van der Waals surface area contributed by atoms with Crippen LogP contribution in [0.3, 0.4) is 0 Å².